The monoisotopic (exact) mass is 427 g/mol. The molecular formula is C21H28Cl3N3. The van der Waals surface area contributed by atoms with Gasteiger partial charge in [-0.25, -0.2) is 0 Å². The Balaban J connectivity index is 0.00000131. The molecule has 0 radical (unpaired) electrons. The van der Waals surface area contributed by atoms with Gasteiger partial charge < -0.3 is 16.0 Å². The fourth-order valence-corrected chi connectivity index (χ4v) is 3.95. The lowest BCUT2D eigenvalue weighted by Crippen LogP contribution is -2.33. The summed E-state index contributed by atoms with van der Waals surface area (Å²) in [4.78, 5) is 2.47. The average molecular weight is 429 g/mol. The summed E-state index contributed by atoms with van der Waals surface area (Å²) in [5.74, 6) is 0.667. The van der Waals surface area contributed by atoms with E-state index in [1.807, 2.05) is 12.1 Å². The summed E-state index contributed by atoms with van der Waals surface area (Å²) >= 11 is 5.96. The van der Waals surface area contributed by atoms with Crippen LogP contribution in [0.25, 0.3) is 11.1 Å². The average Bonchev–Trinajstić information content (AvgIpc) is 3.28. The van der Waals surface area contributed by atoms with Crippen molar-refractivity contribution < 1.29 is 0 Å². The zero-order chi connectivity index (χ0) is 17.2. The van der Waals surface area contributed by atoms with Gasteiger partial charge >= 0.3 is 0 Å². The Morgan fingerprint density at radius 3 is 2.22 bits per heavy atom. The number of likely N-dealkylation sites (tertiary alicyclic amines) is 1. The highest BCUT2D eigenvalue weighted by Gasteiger charge is 2.37. The molecule has 0 amide bonds. The topological polar surface area (TPSA) is 41.3 Å². The molecule has 0 aromatic heterocycles. The lowest BCUT2D eigenvalue weighted by molar-refractivity contribution is 0.331. The molecule has 2 aliphatic rings. The number of hydrogen-bond acceptors (Lipinski definition) is 3. The summed E-state index contributed by atoms with van der Waals surface area (Å²) in [6.45, 7) is 4.40. The van der Waals surface area contributed by atoms with Crippen molar-refractivity contribution in [2.24, 2.45) is 5.73 Å². The molecule has 1 saturated carbocycles. The van der Waals surface area contributed by atoms with Crippen LogP contribution in [0.3, 0.4) is 0 Å². The molecule has 1 saturated heterocycles. The van der Waals surface area contributed by atoms with E-state index in [4.69, 9.17) is 17.3 Å². The van der Waals surface area contributed by atoms with Crippen LogP contribution >= 0.6 is 36.4 Å². The van der Waals surface area contributed by atoms with E-state index in [2.05, 4.69) is 46.6 Å². The highest BCUT2D eigenvalue weighted by atomic mass is 35.5. The SMILES string of the molecule is Cl.Cl.NC1CCN(CCNC2CC2c2ccc(-c3ccc(Cl)cc3)cc2)C1. The third-order valence-corrected chi connectivity index (χ3v) is 5.70. The molecule has 27 heavy (non-hydrogen) atoms. The summed E-state index contributed by atoms with van der Waals surface area (Å²) in [7, 11) is 0. The van der Waals surface area contributed by atoms with E-state index in [0.29, 0.717) is 18.0 Å². The molecule has 2 fully saturated rings. The lowest BCUT2D eigenvalue weighted by atomic mass is 10.0. The van der Waals surface area contributed by atoms with E-state index in [0.717, 1.165) is 37.6 Å². The van der Waals surface area contributed by atoms with Gasteiger partial charge in [-0.15, -0.1) is 24.8 Å². The quantitative estimate of drug-likeness (QED) is 0.719. The van der Waals surface area contributed by atoms with Gasteiger partial charge in [0.2, 0.25) is 0 Å². The molecule has 0 spiro atoms. The summed E-state index contributed by atoms with van der Waals surface area (Å²) < 4.78 is 0. The number of nitrogens with one attached hydrogen (secondary N) is 1. The Labute approximate surface area is 179 Å². The van der Waals surface area contributed by atoms with Crippen LogP contribution in [0.5, 0.6) is 0 Å². The number of nitrogens with two attached hydrogens (primary N) is 1. The maximum atomic E-state index is 5.96. The maximum absolute atomic E-state index is 5.96. The number of nitrogens with zero attached hydrogens (tertiary/aromatic N) is 1. The van der Waals surface area contributed by atoms with Crippen molar-refractivity contribution in [1.82, 2.24) is 10.2 Å². The van der Waals surface area contributed by atoms with Crippen molar-refractivity contribution in [3.05, 3.63) is 59.1 Å². The minimum Gasteiger partial charge on any atom is -0.326 e. The van der Waals surface area contributed by atoms with E-state index in [1.165, 1.54) is 23.1 Å². The molecule has 1 aliphatic heterocycles. The van der Waals surface area contributed by atoms with Crippen molar-refractivity contribution >= 4 is 36.4 Å². The number of benzene rings is 2. The Bertz CT molecular complexity index is 706. The fraction of sp³-hybridized carbons (Fsp3) is 0.429. The minimum absolute atomic E-state index is 0. The summed E-state index contributed by atoms with van der Waals surface area (Å²) in [6.07, 6.45) is 2.39. The highest BCUT2D eigenvalue weighted by Crippen LogP contribution is 2.41. The first-order chi connectivity index (χ1) is 12.2. The van der Waals surface area contributed by atoms with Gasteiger partial charge in [0.25, 0.3) is 0 Å². The van der Waals surface area contributed by atoms with Gasteiger partial charge in [0, 0.05) is 42.7 Å². The van der Waals surface area contributed by atoms with E-state index >= 15 is 0 Å². The van der Waals surface area contributed by atoms with Crippen molar-refractivity contribution in [2.75, 3.05) is 26.2 Å². The molecule has 4 rings (SSSR count). The molecular weight excluding hydrogens is 401 g/mol. The van der Waals surface area contributed by atoms with Gasteiger partial charge in [0.15, 0.2) is 0 Å². The Kier molecular flexibility index (Phi) is 8.41. The first kappa shape index (κ1) is 22.5. The van der Waals surface area contributed by atoms with E-state index in [-0.39, 0.29) is 24.8 Å². The Hall–Kier alpha value is -0.810. The van der Waals surface area contributed by atoms with Crippen molar-refractivity contribution in [3.8, 4) is 11.1 Å². The van der Waals surface area contributed by atoms with Gasteiger partial charge in [-0.05, 0) is 48.2 Å². The molecule has 2 aromatic rings. The largest absolute Gasteiger partial charge is 0.326 e. The molecule has 0 bridgehead atoms. The van der Waals surface area contributed by atoms with Crippen LogP contribution in [-0.4, -0.2) is 43.2 Å². The van der Waals surface area contributed by atoms with Crippen LogP contribution in [-0.2, 0) is 0 Å². The van der Waals surface area contributed by atoms with Gasteiger partial charge in [0.1, 0.15) is 0 Å². The van der Waals surface area contributed by atoms with Crippen molar-refractivity contribution in [3.63, 3.8) is 0 Å². The predicted octanol–water partition coefficient (Wildman–Crippen LogP) is 4.33. The zero-order valence-corrected chi connectivity index (χ0v) is 17.7. The van der Waals surface area contributed by atoms with Crippen LogP contribution in [0.15, 0.2) is 48.5 Å². The molecule has 3 N–H and O–H groups in total. The van der Waals surface area contributed by atoms with Crippen LogP contribution in [0.2, 0.25) is 5.02 Å². The molecule has 2 aromatic carbocycles. The molecule has 148 valence electrons. The standard InChI is InChI=1S/C21H26ClN3.2ClH/c22-18-7-5-16(6-8-18)15-1-3-17(4-2-15)20-13-21(20)24-10-12-25-11-9-19(23)14-25;;/h1-8,19-21,24H,9-14,23H2;2*1H. The number of hydrogen-bond donors (Lipinski definition) is 2. The minimum atomic E-state index is 0. The fourth-order valence-electron chi connectivity index (χ4n) is 3.83. The zero-order valence-electron chi connectivity index (χ0n) is 15.3. The maximum Gasteiger partial charge on any atom is 0.0406 e. The van der Waals surface area contributed by atoms with Gasteiger partial charge in [-0.3, -0.25) is 0 Å². The van der Waals surface area contributed by atoms with Crippen LogP contribution in [0.4, 0.5) is 0 Å². The molecule has 1 aliphatic carbocycles. The predicted molar refractivity (Wildman–Crippen MR) is 120 cm³/mol. The summed E-state index contributed by atoms with van der Waals surface area (Å²) in [5, 5.41) is 4.48. The molecule has 3 unspecified atom stereocenters. The highest BCUT2D eigenvalue weighted by molar-refractivity contribution is 6.30. The van der Waals surface area contributed by atoms with Gasteiger partial charge in [-0.2, -0.15) is 0 Å². The number of halogens is 3. The van der Waals surface area contributed by atoms with Crippen LogP contribution in [0.1, 0.15) is 24.3 Å². The van der Waals surface area contributed by atoms with Gasteiger partial charge in [-0.1, -0.05) is 48.0 Å². The molecule has 1 heterocycles. The van der Waals surface area contributed by atoms with Crippen LogP contribution < -0.4 is 11.1 Å². The first-order valence-corrected chi connectivity index (χ1v) is 9.64. The van der Waals surface area contributed by atoms with Crippen molar-refractivity contribution in [1.29, 1.82) is 0 Å². The third kappa shape index (κ3) is 5.83. The second-order valence-electron chi connectivity index (χ2n) is 7.38. The lowest BCUT2D eigenvalue weighted by Gasteiger charge is -2.15. The Morgan fingerprint density at radius 1 is 1.00 bits per heavy atom. The van der Waals surface area contributed by atoms with Crippen molar-refractivity contribution in [2.45, 2.75) is 30.8 Å². The molecule has 3 atom stereocenters. The van der Waals surface area contributed by atoms with E-state index < -0.39 is 0 Å². The summed E-state index contributed by atoms with van der Waals surface area (Å²) in [5.41, 5.74) is 9.86. The smallest absolute Gasteiger partial charge is 0.0406 e. The Morgan fingerprint density at radius 2 is 1.63 bits per heavy atom. The van der Waals surface area contributed by atoms with Gasteiger partial charge in [0.05, 0.1) is 0 Å². The normalized spacial score (nSPS) is 24.1. The second-order valence-corrected chi connectivity index (χ2v) is 7.82. The number of rotatable bonds is 6. The third-order valence-electron chi connectivity index (χ3n) is 5.45. The first-order valence-electron chi connectivity index (χ1n) is 9.26. The van der Waals surface area contributed by atoms with Crippen LogP contribution in [0, 0.1) is 0 Å². The van der Waals surface area contributed by atoms with E-state index in [1.54, 1.807) is 0 Å². The molecule has 6 heteroatoms. The van der Waals surface area contributed by atoms with E-state index in [9.17, 15) is 0 Å². The second kappa shape index (κ2) is 10.1. The summed E-state index contributed by atoms with van der Waals surface area (Å²) in [6, 6.07) is 18.0. The molecule has 3 nitrogen and oxygen atoms in total.